The van der Waals surface area contributed by atoms with Crippen molar-refractivity contribution in [3.8, 4) is 0 Å². The summed E-state index contributed by atoms with van der Waals surface area (Å²) >= 11 is 0. The summed E-state index contributed by atoms with van der Waals surface area (Å²) in [5.41, 5.74) is 1.64. The zero-order valence-corrected chi connectivity index (χ0v) is 13.9. The van der Waals surface area contributed by atoms with Gasteiger partial charge in [-0.25, -0.2) is 4.79 Å². The molecule has 4 nitrogen and oxygen atoms in total. The maximum Gasteiger partial charge on any atom is 0.327 e. The number of hydrogen-bond acceptors (Lipinski definition) is 4. The van der Waals surface area contributed by atoms with E-state index in [1.165, 1.54) is 5.56 Å². The molecule has 1 atom stereocenters. The molecule has 1 rings (SSSR count). The highest BCUT2D eigenvalue weighted by molar-refractivity contribution is 5.81. The molecule has 0 saturated carbocycles. The van der Waals surface area contributed by atoms with Crippen LogP contribution in [0.3, 0.4) is 0 Å². The summed E-state index contributed by atoms with van der Waals surface area (Å²) in [5, 5.41) is 3.28. The molecule has 1 aromatic rings. The standard InChI is InChI=1S/C17H28N2O2/c1-6-18-17(5,16(20)21-8-3)13-19(7-2)15-11-9-10-14(4)12-15/h9-12,18H,6-8,13H2,1-5H3. The first-order valence-electron chi connectivity index (χ1n) is 7.70. The molecule has 1 aromatic carbocycles. The van der Waals surface area contributed by atoms with Gasteiger partial charge in [0.05, 0.1) is 6.61 Å². The molecule has 0 aliphatic carbocycles. The van der Waals surface area contributed by atoms with Crippen molar-refractivity contribution >= 4 is 11.7 Å². The van der Waals surface area contributed by atoms with E-state index in [0.717, 1.165) is 18.8 Å². The molecule has 0 radical (unpaired) electrons. The van der Waals surface area contributed by atoms with Crippen molar-refractivity contribution in [1.29, 1.82) is 0 Å². The van der Waals surface area contributed by atoms with Gasteiger partial charge in [0, 0.05) is 18.8 Å². The highest BCUT2D eigenvalue weighted by atomic mass is 16.5. The summed E-state index contributed by atoms with van der Waals surface area (Å²) in [6.07, 6.45) is 0. The second-order valence-electron chi connectivity index (χ2n) is 5.44. The van der Waals surface area contributed by atoms with Crippen LogP contribution in [-0.2, 0) is 9.53 Å². The normalized spacial score (nSPS) is 13.6. The third-order valence-electron chi connectivity index (χ3n) is 3.55. The Morgan fingerprint density at radius 1 is 1.33 bits per heavy atom. The lowest BCUT2D eigenvalue weighted by atomic mass is 10.0. The predicted octanol–water partition coefficient (Wildman–Crippen LogP) is 2.75. The molecule has 0 aliphatic rings. The van der Waals surface area contributed by atoms with Crippen LogP contribution in [0.5, 0.6) is 0 Å². The van der Waals surface area contributed by atoms with Gasteiger partial charge in [-0.1, -0.05) is 19.1 Å². The average Bonchev–Trinajstić information content (AvgIpc) is 2.45. The molecular formula is C17H28N2O2. The Hall–Kier alpha value is -1.55. The van der Waals surface area contributed by atoms with Crippen LogP contribution in [0.15, 0.2) is 24.3 Å². The monoisotopic (exact) mass is 292 g/mol. The number of hydrogen-bond donors (Lipinski definition) is 1. The SMILES string of the molecule is CCNC(C)(CN(CC)c1cccc(C)c1)C(=O)OCC. The Bertz CT molecular complexity index is 462. The molecule has 0 spiro atoms. The van der Waals surface area contributed by atoms with Crippen LogP contribution in [0.4, 0.5) is 5.69 Å². The van der Waals surface area contributed by atoms with Gasteiger partial charge in [0.1, 0.15) is 5.54 Å². The average molecular weight is 292 g/mol. The highest BCUT2D eigenvalue weighted by Gasteiger charge is 2.35. The second-order valence-corrected chi connectivity index (χ2v) is 5.44. The number of nitrogens with one attached hydrogen (secondary N) is 1. The molecule has 118 valence electrons. The van der Waals surface area contributed by atoms with Crippen LogP contribution < -0.4 is 10.2 Å². The zero-order valence-electron chi connectivity index (χ0n) is 13.9. The molecular weight excluding hydrogens is 264 g/mol. The van der Waals surface area contributed by atoms with E-state index in [9.17, 15) is 4.79 Å². The van der Waals surface area contributed by atoms with Gasteiger partial charge in [0.25, 0.3) is 0 Å². The number of likely N-dealkylation sites (N-methyl/N-ethyl adjacent to an activating group) is 2. The molecule has 0 heterocycles. The number of esters is 1. The molecule has 1 N–H and O–H groups in total. The van der Waals surface area contributed by atoms with Gasteiger partial charge in [-0.15, -0.1) is 0 Å². The van der Waals surface area contributed by atoms with E-state index in [0.29, 0.717) is 13.2 Å². The van der Waals surface area contributed by atoms with Crippen molar-refractivity contribution in [1.82, 2.24) is 5.32 Å². The minimum atomic E-state index is -0.704. The van der Waals surface area contributed by atoms with E-state index < -0.39 is 5.54 Å². The Kier molecular flexibility index (Phi) is 6.69. The van der Waals surface area contributed by atoms with E-state index >= 15 is 0 Å². The van der Waals surface area contributed by atoms with E-state index in [-0.39, 0.29) is 5.97 Å². The third kappa shape index (κ3) is 4.74. The van der Waals surface area contributed by atoms with Gasteiger partial charge in [0.2, 0.25) is 0 Å². The minimum absolute atomic E-state index is 0.196. The summed E-state index contributed by atoms with van der Waals surface area (Å²) in [5.74, 6) is -0.196. The number of carbonyl (C=O) groups excluding carboxylic acids is 1. The predicted molar refractivity (Wildman–Crippen MR) is 87.8 cm³/mol. The molecule has 21 heavy (non-hydrogen) atoms. The van der Waals surface area contributed by atoms with Gasteiger partial charge >= 0.3 is 5.97 Å². The van der Waals surface area contributed by atoms with Gasteiger partial charge in [0.15, 0.2) is 0 Å². The van der Waals surface area contributed by atoms with Crippen LogP contribution in [0, 0.1) is 6.92 Å². The van der Waals surface area contributed by atoms with Crippen LogP contribution in [0.1, 0.15) is 33.3 Å². The number of ether oxygens (including phenoxy) is 1. The maximum atomic E-state index is 12.3. The highest BCUT2D eigenvalue weighted by Crippen LogP contribution is 2.19. The summed E-state index contributed by atoms with van der Waals surface area (Å²) in [4.78, 5) is 14.5. The van der Waals surface area contributed by atoms with Gasteiger partial charge in [-0.05, 0) is 51.9 Å². The van der Waals surface area contributed by atoms with Crippen LogP contribution in [0.25, 0.3) is 0 Å². The quantitative estimate of drug-likeness (QED) is 0.748. The first-order chi connectivity index (χ1) is 9.96. The Morgan fingerprint density at radius 3 is 2.57 bits per heavy atom. The number of nitrogens with zero attached hydrogens (tertiary/aromatic N) is 1. The third-order valence-corrected chi connectivity index (χ3v) is 3.55. The van der Waals surface area contributed by atoms with Gasteiger partial charge in [-0.3, -0.25) is 0 Å². The molecule has 0 saturated heterocycles. The summed E-state index contributed by atoms with van der Waals surface area (Å²) in [6, 6.07) is 8.34. The van der Waals surface area contributed by atoms with Crippen molar-refractivity contribution in [2.75, 3.05) is 31.1 Å². The first kappa shape index (κ1) is 17.5. The summed E-state index contributed by atoms with van der Waals surface area (Å²) in [7, 11) is 0. The smallest absolute Gasteiger partial charge is 0.327 e. The maximum absolute atomic E-state index is 12.3. The number of aryl methyl sites for hydroxylation is 1. The summed E-state index contributed by atoms with van der Waals surface area (Å²) < 4.78 is 5.24. The van der Waals surface area contributed by atoms with Crippen molar-refractivity contribution in [3.63, 3.8) is 0 Å². The lowest BCUT2D eigenvalue weighted by molar-refractivity contribution is -0.150. The fraction of sp³-hybridized carbons (Fsp3) is 0.588. The Labute approximate surface area is 128 Å². The molecule has 0 aliphatic heterocycles. The summed E-state index contributed by atoms with van der Waals surface area (Å²) in [6.45, 7) is 12.5. The van der Waals surface area contributed by atoms with Crippen molar-refractivity contribution in [2.45, 2.75) is 40.2 Å². The van der Waals surface area contributed by atoms with Crippen molar-refractivity contribution < 1.29 is 9.53 Å². The van der Waals surface area contributed by atoms with Gasteiger partial charge < -0.3 is 15.0 Å². The zero-order chi connectivity index (χ0) is 15.9. The van der Waals surface area contributed by atoms with E-state index in [2.05, 4.69) is 42.3 Å². The number of anilines is 1. The lowest BCUT2D eigenvalue weighted by Crippen LogP contribution is -2.57. The molecule has 4 heteroatoms. The van der Waals surface area contributed by atoms with E-state index in [1.807, 2.05) is 26.8 Å². The molecule has 1 unspecified atom stereocenters. The van der Waals surface area contributed by atoms with Crippen molar-refractivity contribution in [2.24, 2.45) is 0 Å². The first-order valence-corrected chi connectivity index (χ1v) is 7.70. The fourth-order valence-electron chi connectivity index (χ4n) is 2.47. The number of carbonyl (C=O) groups is 1. The van der Waals surface area contributed by atoms with E-state index in [4.69, 9.17) is 4.74 Å². The Morgan fingerprint density at radius 2 is 2.05 bits per heavy atom. The minimum Gasteiger partial charge on any atom is -0.465 e. The molecule has 0 fully saturated rings. The van der Waals surface area contributed by atoms with Crippen LogP contribution in [-0.4, -0.2) is 37.7 Å². The molecule has 0 aromatic heterocycles. The number of benzene rings is 1. The lowest BCUT2D eigenvalue weighted by Gasteiger charge is -2.35. The van der Waals surface area contributed by atoms with Gasteiger partial charge in [-0.2, -0.15) is 0 Å². The van der Waals surface area contributed by atoms with Crippen LogP contribution >= 0.6 is 0 Å². The second kappa shape index (κ2) is 8.03. The Balaban J connectivity index is 2.96. The fourth-order valence-corrected chi connectivity index (χ4v) is 2.47. The topological polar surface area (TPSA) is 41.6 Å². The van der Waals surface area contributed by atoms with Crippen molar-refractivity contribution in [3.05, 3.63) is 29.8 Å². The van der Waals surface area contributed by atoms with Crippen LogP contribution in [0.2, 0.25) is 0 Å². The molecule has 0 amide bonds. The largest absolute Gasteiger partial charge is 0.465 e. The molecule has 0 bridgehead atoms. The van der Waals surface area contributed by atoms with E-state index in [1.54, 1.807) is 0 Å². The number of rotatable bonds is 8.